The second-order valence-corrected chi connectivity index (χ2v) is 3.52. The molecule has 0 heterocycles. The highest BCUT2D eigenvalue weighted by Crippen LogP contribution is 2.13. The molecule has 0 atom stereocenters. The molecule has 0 unspecified atom stereocenters. The van der Waals surface area contributed by atoms with Crippen molar-refractivity contribution in [2.24, 2.45) is 0 Å². The zero-order chi connectivity index (χ0) is 9.35. The van der Waals surface area contributed by atoms with Crippen molar-refractivity contribution in [3.8, 4) is 0 Å². The average Bonchev–Trinajstić information content (AvgIpc) is 1.83. The molecule has 1 aromatic rings. The largest absolute Gasteiger partial charge is 0.257 e. The van der Waals surface area contributed by atoms with E-state index in [1.807, 2.05) is 0 Å². The smallest absolute Gasteiger partial charge is 0.207 e. The van der Waals surface area contributed by atoms with Crippen LogP contribution in [-0.2, 0) is 10.0 Å². The van der Waals surface area contributed by atoms with E-state index in [2.05, 4.69) is 0 Å². The monoisotopic (exact) mass is 192 g/mol. The van der Waals surface area contributed by atoms with Gasteiger partial charge in [-0.15, -0.1) is 5.14 Å². The van der Waals surface area contributed by atoms with Gasteiger partial charge in [-0.1, -0.05) is 0 Å². The third-order valence-corrected chi connectivity index (χ3v) is 2.09. The Balaban J connectivity index is 3.39. The van der Waals surface area contributed by atoms with Gasteiger partial charge in [-0.05, 0) is 12.1 Å². The van der Waals surface area contributed by atoms with Crippen LogP contribution in [-0.4, -0.2) is 8.42 Å². The van der Waals surface area contributed by atoms with Crippen LogP contribution in [0.5, 0.6) is 0 Å². The Labute approximate surface area is 67.9 Å². The van der Waals surface area contributed by atoms with E-state index in [0.717, 1.165) is 6.07 Å². The first kappa shape index (κ1) is 9.08. The van der Waals surface area contributed by atoms with Gasteiger partial charge in [0.05, 0.1) is 0 Å². The Morgan fingerprint density at radius 2 is 1.83 bits per heavy atom. The molecular weight excluding hydrogens is 188 g/mol. The number of hydrogen-bond acceptors (Lipinski definition) is 2. The summed E-state index contributed by atoms with van der Waals surface area (Å²) in [5, 5.41) is 6.49. The predicted molar refractivity (Wildman–Crippen MR) is 36.6 cm³/mol. The summed E-state index contributed by atoms with van der Waals surface area (Å²) in [4.78, 5) is -0.816. The summed E-state index contributed by atoms with van der Waals surface area (Å²) >= 11 is 0. The van der Waals surface area contributed by atoms with Crippen molar-refractivity contribution >= 4 is 10.0 Å². The van der Waals surface area contributed by atoms with Gasteiger partial charge in [0, 0.05) is 6.07 Å². The minimum Gasteiger partial charge on any atom is -0.207 e. The van der Waals surface area contributed by atoms with Crippen molar-refractivity contribution in [3.05, 3.63) is 29.8 Å². The van der Waals surface area contributed by atoms with Crippen molar-refractivity contribution in [3.63, 3.8) is 0 Å². The standard InChI is InChI=1S/C6H4F2NO2S/c7-4-1-2-6(5(8)3-4)12(9,10)11/h1-3,9H. The molecule has 1 N–H and O–H groups in total. The predicted octanol–water partition coefficient (Wildman–Crippen LogP) is 0.936. The number of benzene rings is 1. The van der Waals surface area contributed by atoms with Crippen LogP contribution in [0.15, 0.2) is 23.1 Å². The minimum absolute atomic E-state index is 0.418. The van der Waals surface area contributed by atoms with E-state index >= 15 is 0 Å². The number of sulfonamides is 1. The first-order valence-corrected chi connectivity index (χ1v) is 4.34. The maximum atomic E-state index is 12.6. The molecule has 1 radical (unpaired) electrons. The summed E-state index contributed by atoms with van der Waals surface area (Å²) < 4.78 is 45.8. The second-order valence-electron chi connectivity index (χ2n) is 2.08. The minimum atomic E-state index is -4.34. The number of nitrogens with one attached hydrogen (secondary N) is 1. The number of hydrogen-bond donors (Lipinski definition) is 0. The van der Waals surface area contributed by atoms with Crippen molar-refractivity contribution in [1.29, 1.82) is 0 Å². The molecule has 3 nitrogen and oxygen atoms in total. The van der Waals surface area contributed by atoms with Crippen molar-refractivity contribution in [2.75, 3.05) is 0 Å². The van der Waals surface area contributed by atoms with E-state index in [4.69, 9.17) is 5.14 Å². The number of rotatable bonds is 1. The van der Waals surface area contributed by atoms with E-state index in [1.54, 1.807) is 0 Å². The summed E-state index contributed by atoms with van der Waals surface area (Å²) in [5.74, 6) is -2.12. The van der Waals surface area contributed by atoms with Crippen LogP contribution in [0.3, 0.4) is 0 Å². The van der Waals surface area contributed by atoms with Gasteiger partial charge < -0.3 is 0 Å². The molecule has 12 heavy (non-hydrogen) atoms. The lowest BCUT2D eigenvalue weighted by molar-refractivity contribution is 0.549. The van der Waals surface area contributed by atoms with Gasteiger partial charge in [-0.3, -0.25) is 0 Å². The molecule has 0 bridgehead atoms. The zero-order valence-electron chi connectivity index (χ0n) is 5.71. The van der Waals surface area contributed by atoms with Gasteiger partial charge >= 0.3 is 0 Å². The highest BCUT2D eigenvalue weighted by molar-refractivity contribution is 7.88. The van der Waals surface area contributed by atoms with E-state index in [1.165, 1.54) is 0 Å². The third-order valence-electron chi connectivity index (χ3n) is 1.18. The van der Waals surface area contributed by atoms with E-state index in [0.29, 0.717) is 12.1 Å². The van der Waals surface area contributed by atoms with Crippen molar-refractivity contribution in [1.82, 2.24) is 5.14 Å². The lowest BCUT2D eigenvalue weighted by Gasteiger charge is -1.97. The Bertz CT molecular complexity index is 402. The fourth-order valence-corrected chi connectivity index (χ4v) is 1.26. The molecule has 0 aliphatic rings. The molecule has 0 saturated carbocycles. The molecule has 0 amide bonds. The first-order valence-electron chi connectivity index (χ1n) is 2.86. The molecule has 0 aliphatic carbocycles. The molecule has 0 aliphatic heterocycles. The second kappa shape index (κ2) is 2.80. The van der Waals surface area contributed by atoms with Crippen LogP contribution in [0.4, 0.5) is 8.78 Å². The molecule has 0 aromatic heterocycles. The molecular formula is C6H4F2NO2S. The topological polar surface area (TPSA) is 57.9 Å². The Morgan fingerprint density at radius 1 is 1.25 bits per heavy atom. The maximum absolute atomic E-state index is 12.6. The number of halogens is 2. The Hall–Kier alpha value is -1.01. The molecule has 0 fully saturated rings. The van der Waals surface area contributed by atoms with Gasteiger partial charge in [-0.25, -0.2) is 17.2 Å². The van der Waals surface area contributed by atoms with Crippen LogP contribution in [0, 0.1) is 11.6 Å². The summed E-state index contributed by atoms with van der Waals surface area (Å²) in [6, 6.07) is 1.92. The van der Waals surface area contributed by atoms with Gasteiger partial charge in [0.25, 0.3) is 10.0 Å². The molecule has 0 spiro atoms. The SMILES string of the molecule is [NH]S(=O)(=O)c1ccc(F)cc1F. The normalized spacial score (nSPS) is 11.6. The van der Waals surface area contributed by atoms with Crippen LogP contribution in [0.2, 0.25) is 0 Å². The molecule has 1 aromatic carbocycles. The molecule has 0 saturated heterocycles. The summed E-state index contributed by atoms with van der Waals surface area (Å²) in [5.41, 5.74) is 0. The lowest BCUT2D eigenvalue weighted by atomic mass is 10.3. The maximum Gasteiger partial charge on any atom is 0.257 e. The zero-order valence-corrected chi connectivity index (χ0v) is 6.53. The highest BCUT2D eigenvalue weighted by Gasteiger charge is 2.14. The van der Waals surface area contributed by atoms with E-state index < -0.39 is 26.6 Å². The van der Waals surface area contributed by atoms with Crippen molar-refractivity contribution in [2.45, 2.75) is 4.90 Å². The fourth-order valence-electron chi connectivity index (χ4n) is 0.693. The van der Waals surface area contributed by atoms with Gasteiger partial charge in [-0.2, -0.15) is 0 Å². The summed E-state index contributed by atoms with van der Waals surface area (Å²) in [7, 11) is -4.34. The summed E-state index contributed by atoms with van der Waals surface area (Å²) in [6.07, 6.45) is 0. The Kier molecular flexibility index (Phi) is 2.12. The lowest BCUT2D eigenvalue weighted by Crippen LogP contribution is -2.03. The highest BCUT2D eigenvalue weighted by atomic mass is 32.2. The summed E-state index contributed by atoms with van der Waals surface area (Å²) in [6.45, 7) is 0. The molecule has 6 heteroatoms. The van der Waals surface area contributed by atoms with Gasteiger partial charge in [0.15, 0.2) is 0 Å². The Morgan fingerprint density at radius 3 is 2.25 bits per heavy atom. The van der Waals surface area contributed by atoms with Crippen LogP contribution < -0.4 is 5.14 Å². The van der Waals surface area contributed by atoms with Crippen LogP contribution in [0.25, 0.3) is 0 Å². The van der Waals surface area contributed by atoms with Crippen LogP contribution in [0.1, 0.15) is 0 Å². The third kappa shape index (κ3) is 1.77. The average molecular weight is 192 g/mol. The quantitative estimate of drug-likeness (QED) is 0.664. The van der Waals surface area contributed by atoms with Crippen LogP contribution >= 0.6 is 0 Å². The van der Waals surface area contributed by atoms with Gasteiger partial charge in [0.2, 0.25) is 0 Å². The molecule has 65 valence electrons. The first-order chi connectivity index (χ1) is 5.41. The molecule has 1 rings (SSSR count). The van der Waals surface area contributed by atoms with Gasteiger partial charge in [0.1, 0.15) is 16.5 Å². The van der Waals surface area contributed by atoms with Crippen molar-refractivity contribution < 1.29 is 17.2 Å². The van der Waals surface area contributed by atoms with E-state index in [-0.39, 0.29) is 0 Å². The fraction of sp³-hybridized carbons (Fsp3) is 0. The van der Waals surface area contributed by atoms with E-state index in [9.17, 15) is 17.2 Å².